The van der Waals surface area contributed by atoms with Crippen LogP contribution in [0.4, 0.5) is 0 Å². The Hall–Kier alpha value is -7.08. The lowest BCUT2D eigenvalue weighted by Crippen LogP contribution is -2.17. The molecule has 0 radical (unpaired) electrons. The maximum Gasteiger partial charge on any atom is 0.349 e. The largest absolute Gasteiger partial charge is 0.462 e. The highest BCUT2D eigenvalue weighted by atomic mass is 16.6. The molecule has 0 saturated carbocycles. The van der Waals surface area contributed by atoms with Crippen molar-refractivity contribution in [3.8, 4) is 23.0 Å². The zero-order valence-electron chi connectivity index (χ0n) is 27.7. The minimum atomic E-state index is -0.763. The van der Waals surface area contributed by atoms with Gasteiger partial charge in [-0.15, -0.1) is 0 Å². The number of rotatable bonds is 13. The van der Waals surface area contributed by atoms with Crippen molar-refractivity contribution in [3.63, 3.8) is 0 Å². The van der Waals surface area contributed by atoms with Crippen LogP contribution < -0.4 is 18.9 Å². The topological polar surface area (TPSA) is 158 Å². The molecule has 12 heteroatoms. The van der Waals surface area contributed by atoms with Crippen LogP contribution in [0.25, 0.3) is 21.5 Å². The molecule has 0 aromatic heterocycles. The third kappa shape index (κ3) is 9.54. The molecule has 0 unspecified atom stereocenters. The Balaban J connectivity index is 1.17. The quantitative estimate of drug-likeness (QED) is 0.0757. The monoisotopic (exact) mass is 702 g/mol. The molecule has 5 aromatic rings. The molecule has 0 aliphatic heterocycles. The second-order valence-corrected chi connectivity index (χ2v) is 11.0. The molecule has 0 saturated heterocycles. The van der Waals surface area contributed by atoms with Crippen molar-refractivity contribution in [3.05, 3.63) is 133 Å². The third-order valence-corrected chi connectivity index (χ3v) is 7.33. The molecule has 0 amide bonds. The molecule has 0 aliphatic carbocycles. The molecular formula is C40H30O12. The number of benzene rings is 5. The van der Waals surface area contributed by atoms with Gasteiger partial charge in [0.2, 0.25) is 0 Å². The van der Waals surface area contributed by atoms with Crippen LogP contribution in [-0.2, 0) is 28.7 Å². The number of aryl methyl sites for hydroxylation is 1. The Kier molecular flexibility index (Phi) is 11.5. The van der Waals surface area contributed by atoms with Crippen molar-refractivity contribution >= 4 is 57.4 Å². The van der Waals surface area contributed by atoms with Crippen LogP contribution in [-0.4, -0.2) is 49.0 Å². The number of hydrogen-bond acceptors (Lipinski definition) is 12. The molecule has 262 valence electrons. The second-order valence-electron chi connectivity index (χ2n) is 11.0. The number of carbonyl (C=O) groups excluding carboxylic acids is 6. The molecule has 0 heterocycles. The maximum absolute atomic E-state index is 13.0. The predicted octanol–water partition coefficient (Wildman–Crippen LogP) is 6.40. The zero-order valence-corrected chi connectivity index (χ0v) is 27.7. The molecule has 52 heavy (non-hydrogen) atoms. The van der Waals surface area contributed by atoms with Crippen LogP contribution in [0.15, 0.2) is 116 Å². The summed E-state index contributed by atoms with van der Waals surface area (Å²) in [4.78, 5) is 72.2. The summed E-state index contributed by atoms with van der Waals surface area (Å²) in [5, 5.41) is 2.79. The zero-order chi connectivity index (χ0) is 37.2. The van der Waals surface area contributed by atoms with Crippen molar-refractivity contribution in [2.75, 3.05) is 13.2 Å². The molecule has 5 rings (SSSR count). The Labute approximate surface area is 296 Å². The summed E-state index contributed by atoms with van der Waals surface area (Å²) < 4.78 is 31.1. The van der Waals surface area contributed by atoms with E-state index in [4.69, 9.17) is 23.7 Å². The van der Waals surface area contributed by atoms with Crippen LogP contribution in [0.1, 0.15) is 32.7 Å². The molecule has 0 aliphatic rings. The van der Waals surface area contributed by atoms with Crippen molar-refractivity contribution in [1.29, 1.82) is 0 Å². The molecule has 0 bridgehead atoms. The Bertz CT molecular complexity index is 2250. The molecule has 0 atom stereocenters. The maximum atomic E-state index is 13.0. The first-order valence-corrected chi connectivity index (χ1v) is 15.6. The summed E-state index contributed by atoms with van der Waals surface area (Å²) in [6.07, 6.45) is 1.82. The second kappa shape index (κ2) is 16.5. The summed E-state index contributed by atoms with van der Waals surface area (Å²) in [5.74, 6) is -2.90. The summed E-state index contributed by atoms with van der Waals surface area (Å²) in [6, 6.07) is 24.1. The van der Waals surface area contributed by atoms with Crippen molar-refractivity contribution in [2.24, 2.45) is 0 Å². The first-order chi connectivity index (χ1) is 25.0. The van der Waals surface area contributed by atoms with E-state index in [-0.39, 0.29) is 41.4 Å². The highest BCUT2D eigenvalue weighted by molar-refractivity contribution is 5.98. The average Bonchev–Trinajstić information content (AvgIpc) is 3.14. The van der Waals surface area contributed by atoms with E-state index in [9.17, 15) is 28.8 Å². The average molecular weight is 703 g/mol. The highest BCUT2D eigenvalue weighted by Gasteiger charge is 2.16. The van der Waals surface area contributed by atoms with Gasteiger partial charge < -0.3 is 28.4 Å². The Morgan fingerprint density at radius 3 is 1.60 bits per heavy atom. The Morgan fingerprint density at radius 2 is 1.02 bits per heavy atom. The third-order valence-electron chi connectivity index (χ3n) is 7.33. The van der Waals surface area contributed by atoms with Gasteiger partial charge in [0.15, 0.2) is 6.61 Å². The molecular weight excluding hydrogens is 672 g/mol. The first-order valence-electron chi connectivity index (χ1n) is 15.6. The van der Waals surface area contributed by atoms with E-state index in [1.54, 1.807) is 85.8 Å². The lowest BCUT2D eigenvalue weighted by atomic mass is 10.1. The van der Waals surface area contributed by atoms with Crippen LogP contribution in [0.5, 0.6) is 23.0 Å². The van der Waals surface area contributed by atoms with E-state index in [1.807, 2.05) is 0 Å². The summed E-state index contributed by atoms with van der Waals surface area (Å²) in [7, 11) is 0. The minimum Gasteiger partial charge on any atom is -0.462 e. The van der Waals surface area contributed by atoms with E-state index in [2.05, 4.69) is 17.9 Å². The lowest BCUT2D eigenvalue weighted by Gasteiger charge is -2.11. The predicted molar refractivity (Wildman–Crippen MR) is 187 cm³/mol. The number of fused-ring (bicyclic) bond motifs is 2. The van der Waals surface area contributed by atoms with E-state index >= 15 is 0 Å². The standard InChI is InChI=1S/C40H30O12/c1-4-35(41)47-17-16-37(43)49-32-12-10-26-20-30(9-7-27(26)21-32)40(46)52-34-15-14-31(18-24(34)3)51-39(45)29-8-6-28-22-33(13-11-25(28)19-29)50-38(44)23-48-36(42)5-2/h4-15,18-22H,1-2,16-17,23H2,3H3. The van der Waals surface area contributed by atoms with Gasteiger partial charge in [0, 0.05) is 12.2 Å². The smallest absolute Gasteiger partial charge is 0.349 e. The fourth-order valence-corrected chi connectivity index (χ4v) is 4.78. The molecule has 0 fully saturated rings. The van der Waals surface area contributed by atoms with E-state index in [0.29, 0.717) is 32.9 Å². The lowest BCUT2D eigenvalue weighted by molar-refractivity contribution is -0.150. The molecule has 0 spiro atoms. The molecule has 5 aromatic carbocycles. The minimum absolute atomic E-state index is 0.125. The number of hydrogen-bond donors (Lipinski definition) is 0. The van der Waals surface area contributed by atoms with Gasteiger partial charge >= 0.3 is 35.8 Å². The summed E-state index contributed by atoms with van der Waals surface area (Å²) in [5.41, 5.74) is 1.10. The van der Waals surface area contributed by atoms with Gasteiger partial charge in [-0.1, -0.05) is 37.4 Å². The van der Waals surface area contributed by atoms with Crippen LogP contribution in [0.2, 0.25) is 0 Å². The number of ether oxygens (including phenoxy) is 6. The van der Waals surface area contributed by atoms with Gasteiger partial charge in [0.1, 0.15) is 29.6 Å². The highest BCUT2D eigenvalue weighted by Crippen LogP contribution is 2.28. The molecule has 0 N–H and O–H groups in total. The van der Waals surface area contributed by atoms with Gasteiger partial charge in [-0.05, 0) is 101 Å². The van der Waals surface area contributed by atoms with Gasteiger partial charge in [-0.3, -0.25) is 4.79 Å². The Morgan fingerprint density at radius 1 is 0.538 bits per heavy atom. The van der Waals surface area contributed by atoms with E-state index in [0.717, 1.165) is 12.2 Å². The van der Waals surface area contributed by atoms with E-state index in [1.165, 1.54) is 12.1 Å². The van der Waals surface area contributed by atoms with Crippen molar-refractivity contribution in [2.45, 2.75) is 13.3 Å². The molecule has 12 nitrogen and oxygen atoms in total. The van der Waals surface area contributed by atoms with Gasteiger partial charge in [0.05, 0.1) is 17.5 Å². The normalized spacial score (nSPS) is 10.5. The first kappa shape index (κ1) is 36.2. The summed E-state index contributed by atoms with van der Waals surface area (Å²) >= 11 is 0. The SMILES string of the molecule is C=CC(=O)OCCC(=O)Oc1ccc2cc(C(=O)Oc3ccc(OC(=O)c4ccc5cc(OC(=O)COC(=O)C=C)ccc5c4)cc3C)ccc2c1. The number of esters is 6. The fraction of sp³-hybridized carbons (Fsp3) is 0.100. The van der Waals surface area contributed by atoms with Gasteiger partial charge in [-0.25, -0.2) is 24.0 Å². The van der Waals surface area contributed by atoms with Crippen LogP contribution >= 0.6 is 0 Å². The number of carbonyl (C=O) groups is 6. The van der Waals surface area contributed by atoms with Gasteiger partial charge in [0.25, 0.3) is 0 Å². The van der Waals surface area contributed by atoms with Crippen molar-refractivity contribution < 1.29 is 57.2 Å². The summed E-state index contributed by atoms with van der Waals surface area (Å²) in [6.45, 7) is 7.55. The fourth-order valence-electron chi connectivity index (χ4n) is 4.78. The van der Waals surface area contributed by atoms with E-state index < -0.39 is 42.4 Å². The van der Waals surface area contributed by atoms with Crippen LogP contribution in [0.3, 0.4) is 0 Å². The van der Waals surface area contributed by atoms with Crippen LogP contribution in [0, 0.1) is 6.92 Å². The van der Waals surface area contributed by atoms with Crippen molar-refractivity contribution in [1.82, 2.24) is 0 Å². The van der Waals surface area contributed by atoms with Gasteiger partial charge in [-0.2, -0.15) is 0 Å².